The summed E-state index contributed by atoms with van der Waals surface area (Å²) in [6.07, 6.45) is 0. The minimum absolute atomic E-state index is 0.204. The van der Waals surface area contributed by atoms with Gasteiger partial charge in [-0.25, -0.2) is 9.59 Å². The minimum Gasteiger partial charge on any atom is -0.449 e. The Kier molecular flexibility index (Phi) is 14.1. The van der Waals surface area contributed by atoms with Crippen LogP contribution in [0.4, 0.5) is 0 Å². The highest BCUT2D eigenvalue weighted by atomic mass is 35.5. The van der Waals surface area contributed by atoms with Crippen molar-refractivity contribution in [1.29, 1.82) is 0 Å². The van der Waals surface area contributed by atoms with Gasteiger partial charge in [0, 0.05) is 11.8 Å². The molecule has 9 heteroatoms. The lowest BCUT2D eigenvalue weighted by molar-refractivity contribution is -0.146. The van der Waals surface area contributed by atoms with E-state index in [2.05, 4.69) is 13.8 Å². The van der Waals surface area contributed by atoms with E-state index >= 15 is 0 Å². The third-order valence-corrected chi connectivity index (χ3v) is 9.60. The number of rotatable bonds is 9. The molecule has 55 heavy (non-hydrogen) atoms. The second-order valence-corrected chi connectivity index (χ2v) is 16.1. The van der Waals surface area contributed by atoms with E-state index in [0.717, 1.165) is 33.4 Å². The number of cyclic esters (lactones) is 2. The molecule has 4 aromatic rings. The number of hydrogen-bond acceptors (Lipinski definition) is 7. The van der Waals surface area contributed by atoms with Crippen molar-refractivity contribution >= 4 is 46.3 Å². The predicted molar refractivity (Wildman–Crippen MR) is 221 cm³/mol. The molecule has 1 N–H and O–H groups in total. The number of hydrogen-bond donors (Lipinski definition) is 1. The lowest BCUT2D eigenvalue weighted by Crippen LogP contribution is -2.22. The summed E-state index contributed by atoms with van der Waals surface area (Å²) >= 11 is 10.1. The standard InChI is InChI=1S/C22H24O4.C22H24O3.C2H4Cl2/c1-14-6-8-15(9-7-14)18-19(20(23)26-22(18,4)5)25-17-12-10-16(11-13-17)21(2,3)24;1-14(2)16-10-12-18(13-11-16)24-20-19(22(4,5)25-21(20)23)17-8-6-15(3)7-9-17;3-1-2-4/h6-13,24H,1-5H3;6-14H,1-5H3;1-2H2. The molecule has 0 bridgehead atoms. The lowest BCUT2D eigenvalue weighted by Gasteiger charge is -2.21. The first-order chi connectivity index (χ1) is 25.8. The van der Waals surface area contributed by atoms with E-state index in [9.17, 15) is 14.7 Å². The number of aliphatic hydroxyl groups is 1. The van der Waals surface area contributed by atoms with Gasteiger partial charge >= 0.3 is 11.9 Å². The molecular weight excluding hydrogens is 735 g/mol. The maximum Gasteiger partial charge on any atom is 0.375 e. The summed E-state index contributed by atoms with van der Waals surface area (Å²) in [6, 6.07) is 30.9. The van der Waals surface area contributed by atoms with Crippen LogP contribution in [-0.4, -0.2) is 40.0 Å². The Bertz CT molecular complexity index is 2000. The largest absolute Gasteiger partial charge is 0.449 e. The molecule has 0 aliphatic carbocycles. The Balaban J connectivity index is 0.000000223. The van der Waals surface area contributed by atoms with Crippen LogP contribution in [0.3, 0.4) is 0 Å². The minimum atomic E-state index is -0.931. The van der Waals surface area contributed by atoms with Crippen LogP contribution in [0.15, 0.2) is 109 Å². The second kappa shape index (κ2) is 17.9. The number of aryl methyl sites for hydroxylation is 2. The first-order valence-corrected chi connectivity index (χ1v) is 19.3. The maximum atomic E-state index is 12.4. The summed E-state index contributed by atoms with van der Waals surface area (Å²) in [7, 11) is 0. The van der Waals surface area contributed by atoms with Crippen LogP contribution in [0.2, 0.25) is 0 Å². The molecule has 6 rings (SSSR count). The van der Waals surface area contributed by atoms with Crippen LogP contribution >= 0.6 is 23.2 Å². The summed E-state index contributed by atoms with van der Waals surface area (Å²) in [6.45, 7) is 19.3. The lowest BCUT2D eigenvalue weighted by atomic mass is 9.91. The molecule has 0 atom stereocenters. The Morgan fingerprint density at radius 2 is 0.964 bits per heavy atom. The van der Waals surface area contributed by atoms with Crippen LogP contribution in [0, 0.1) is 13.8 Å². The van der Waals surface area contributed by atoms with Crippen LogP contribution in [-0.2, 0) is 24.7 Å². The summed E-state index contributed by atoms with van der Waals surface area (Å²) in [5, 5.41) is 10.1. The fraction of sp³-hybridized carbons (Fsp3) is 0.348. The molecule has 2 aliphatic rings. The number of carbonyl (C=O) groups is 2. The zero-order valence-electron chi connectivity index (χ0n) is 33.4. The van der Waals surface area contributed by atoms with Crippen molar-refractivity contribution in [2.75, 3.05) is 11.8 Å². The molecule has 292 valence electrons. The molecule has 0 aromatic heterocycles. The van der Waals surface area contributed by atoms with E-state index in [-0.39, 0.29) is 11.5 Å². The SMILES string of the molecule is Cc1ccc(C2=C(Oc3ccc(C(C)(C)O)cc3)C(=O)OC2(C)C)cc1.Cc1ccc(C2=C(Oc3ccc(C(C)C)cc3)C(=O)OC2(C)C)cc1.ClCCCl. The zero-order chi connectivity index (χ0) is 40.7. The highest BCUT2D eigenvalue weighted by molar-refractivity contribution is 6.25. The van der Waals surface area contributed by atoms with Gasteiger partial charge in [-0.1, -0.05) is 97.8 Å². The molecule has 0 unspecified atom stereocenters. The van der Waals surface area contributed by atoms with Gasteiger partial charge in [0.15, 0.2) is 0 Å². The van der Waals surface area contributed by atoms with Crippen LogP contribution in [0.5, 0.6) is 11.5 Å². The summed E-state index contributed by atoms with van der Waals surface area (Å²) in [5.74, 6) is 2.30. The normalized spacial score (nSPS) is 15.8. The molecule has 7 nitrogen and oxygen atoms in total. The Labute approximate surface area is 335 Å². The van der Waals surface area contributed by atoms with Crippen LogP contribution < -0.4 is 9.47 Å². The zero-order valence-corrected chi connectivity index (χ0v) is 34.9. The van der Waals surface area contributed by atoms with Crippen molar-refractivity contribution in [2.45, 2.75) is 92.0 Å². The number of alkyl halides is 2. The van der Waals surface area contributed by atoms with E-state index in [1.807, 2.05) is 114 Å². The fourth-order valence-corrected chi connectivity index (χ4v) is 6.08. The first kappa shape index (κ1) is 43.2. The smallest absolute Gasteiger partial charge is 0.375 e. The van der Waals surface area contributed by atoms with Gasteiger partial charge in [0.2, 0.25) is 11.5 Å². The van der Waals surface area contributed by atoms with E-state index in [1.165, 1.54) is 11.1 Å². The number of halogens is 2. The monoisotopic (exact) mass is 786 g/mol. The van der Waals surface area contributed by atoms with Crippen molar-refractivity contribution in [3.63, 3.8) is 0 Å². The summed E-state index contributed by atoms with van der Waals surface area (Å²) in [4.78, 5) is 24.8. The first-order valence-electron chi connectivity index (χ1n) is 18.3. The fourth-order valence-electron chi connectivity index (χ4n) is 6.08. The predicted octanol–water partition coefficient (Wildman–Crippen LogP) is 11.1. The van der Waals surface area contributed by atoms with Gasteiger partial charge in [0.25, 0.3) is 0 Å². The average molecular weight is 788 g/mol. The molecule has 0 radical (unpaired) electrons. The molecule has 2 aliphatic heterocycles. The van der Waals surface area contributed by atoms with Gasteiger partial charge in [-0.2, -0.15) is 0 Å². The molecule has 4 aromatic carbocycles. The molecule has 0 spiro atoms. The van der Waals surface area contributed by atoms with Gasteiger partial charge < -0.3 is 24.1 Å². The van der Waals surface area contributed by atoms with Crippen molar-refractivity contribution < 1.29 is 33.6 Å². The van der Waals surface area contributed by atoms with Crippen molar-refractivity contribution in [3.05, 3.63) is 142 Å². The Morgan fingerprint density at radius 3 is 1.27 bits per heavy atom. The molecule has 0 saturated carbocycles. The maximum absolute atomic E-state index is 12.4. The van der Waals surface area contributed by atoms with E-state index in [1.54, 1.807) is 38.1 Å². The van der Waals surface area contributed by atoms with Gasteiger partial charge in [0.1, 0.15) is 22.7 Å². The topological polar surface area (TPSA) is 91.3 Å². The average Bonchev–Trinajstić information content (AvgIpc) is 3.49. The van der Waals surface area contributed by atoms with Gasteiger partial charge in [-0.3, -0.25) is 0 Å². The summed E-state index contributed by atoms with van der Waals surface area (Å²) in [5.41, 5.74) is 5.24. The number of carbonyl (C=O) groups excluding carboxylic acids is 2. The number of benzene rings is 4. The molecule has 0 amide bonds. The van der Waals surface area contributed by atoms with Gasteiger partial charge in [-0.15, -0.1) is 23.2 Å². The summed E-state index contributed by atoms with van der Waals surface area (Å²) < 4.78 is 23.0. The molecule has 2 heterocycles. The second-order valence-electron chi connectivity index (χ2n) is 15.3. The molecular formula is C46H52Cl2O7. The van der Waals surface area contributed by atoms with Crippen molar-refractivity contribution in [3.8, 4) is 11.5 Å². The number of esters is 2. The molecule has 0 fully saturated rings. The van der Waals surface area contributed by atoms with Crippen molar-refractivity contribution in [1.82, 2.24) is 0 Å². The number of ether oxygens (including phenoxy) is 4. The third-order valence-electron chi connectivity index (χ3n) is 9.02. The Hall–Kier alpha value is -4.56. The third kappa shape index (κ3) is 11.0. The van der Waals surface area contributed by atoms with E-state index in [4.69, 9.17) is 42.1 Å². The van der Waals surface area contributed by atoms with Crippen LogP contribution in [0.1, 0.15) is 94.7 Å². The molecule has 0 saturated heterocycles. The van der Waals surface area contributed by atoms with E-state index in [0.29, 0.717) is 29.2 Å². The van der Waals surface area contributed by atoms with Crippen molar-refractivity contribution in [2.24, 2.45) is 0 Å². The van der Waals surface area contributed by atoms with Gasteiger partial charge in [-0.05, 0) is 108 Å². The highest BCUT2D eigenvalue weighted by Crippen LogP contribution is 2.42. The van der Waals surface area contributed by atoms with Crippen LogP contribution in [0.25, 0.3) is 11.1 Å². The van der Waals surface area contributed by atoms with E-state index < -0.39 is 28.7 Å². The Morgan fingerprint density at radius 1 is 0.618 bits per heavy atom. The highest BCUT2D eigenvalue weighted by Gasteiger charge is 2.44. The van der Waals surface area contributed by atoms with Gasteiger partial charge in [0.05, 0.1) is 16.7 Å². The quantitative estimate of drug-likeness (QED) is 0.133.